The van der Waals surface area contributed by atoms with Crippen LogP contribution in [0.5, 0.6) is 0 Å². The number of fused-ring (bicyclic) bond motifs is 1. The number of aromatic nitrogens is 2. The second-order valence-corrected chi connectivity index (χ2v) is 9.58. The van der Waals surface area contributed by atoms with E-state index in [-0.39, 0.29) is 27.2 Å². The van der Waals surface area contributed by atoms with Crippen LogP contribution in [0.2, 0.25) is 0 Å². The van der Waals surface area contributed by atoms with Gasteiger partial charge in [0.2, 0.25) is 0 Å². The van der Waals surface area contributed by atoms with Gasteiger partial charge in [0.1, 0.15) is 27.6 Å². The molecule has 3 aromatic carbocycles. The molecule has 0 saturated carbocycles. The summed E-state index contributed by atoms with van der Waals surface area (Å²) in [7, 11) is -4.10. The molecule has 0 spiro atoms. The summed E-state index contributed by atoms with van der Waals surface area (Å²) in [5, 5.41) is 2.63. The molecule has 33 heavy (non-hydrogen) atoms. The molecule has 0 aliphatic heterocycles. The molecular weight excluding hydrogens is 470 g/mol. The van der Waals surface area contributed by atoms with Crippen molar-refractivity contribution < 1.29 is 22.0 Å². The van der Waals surface area contributed by atoms with E-state index in [4.69, 9.17) is 0 Å². The van der Waals surface area contributed by atoms with E-state index in [1.807, 2.05) is 0 Å². The largest absolute Gasteiger partial charge is 0.345 e. The van der Waals surface area contributed by atoms with Crippen molar-refractivity contribution in [2.24, 2.45) is 0 Å². The minimum absolute atomic E-state index is 0.0436. The molecular formula is C22H18F2N4O3S2. The van der Waals surface area contributed by atoms with Crippen molar-refractivity contribution in [3.63, 3.8) is 0 Å². The molecule has 170 valence electrons. The van der Waals surface area contributed by atoms with Crippen LogP contribution in [0.25, 0.3) is 11.0 Å². The summed E-state index contributed by atoms with van der Waals surface area (Å²) in [6, 6.07) is 11.5. The quantitative estimate of drug-likeness (QED) is 0.414. The van der Waals surface area contributed by atoms with E-state index in [0.717, 1.165) is 29.4 Å². The van der Waals surface area contributed by atoms with Gasteiger partial charge in [0.25, 0.3) is 15.9 Å². The number of anilines is 1. The van der Waals surface area contributed by atoms with Crippen LogP contribution < -0.4 is 10.0 Å². The number of aryl methyl sites for hydroxylation is 1. The SMILES string of the molecule is Cc1ccc(C(=O)N[C@H](C)c2ccc(F)cc2F)c(NS(=O)(=O)c2cccc3nsnc23)c1. The van der Waals surface area contributed by atoms with Gasteiger partial charge in [0.05, 0.1) is 29.0 Å². The van der Waals surface area contributed by atoms with Gasteiger partial charge in [-0.15, -0.1) is 0 Å². The van der Waals surface area contributed by atoms with E-state index in [9.17, 15) is 22.0 Å². The lowest BCUT2D eigenvalue weighted by Crippen LogP contribution is -2.28. The second-order valence-electron chi connectivity index (χ2n) is 7.40. The van der Waals surface area contributed by atoms with Crippen LogP contribution >= 0.6 is 11.7 Å². The fourth-order valence-electron chi connectivity index (χ4n) is 3.34. The monoisotopic (exact) mass is 488 g/mol. The Morgan fingerprint density at radius 1 is 1.06 bits per heavy atom. The molecule has 0 fully saturated rings. The average molecular weight is 489 g/mol. The van der Waals surface area contributed by atoms with Crippen molar-refractivity contribution in [3.05, 3.63) is 82.9 Å². The summed E-state index contributed by atoms with van der Waals surface area (Å²) >= 11 is 0.896. The molecule has 7 nitrogen and oxygen atoms in total. The third-order valence-corrected chi connectivity index (χ3v) is 6.92. The van der Waals surface area contributed by atoms with Crippen LogP contribution in [0, 0.1) is 18.6 Å². The summed E-state index contributed by atoms with van der Waals surface area (Å²) in [5.74, 6) is -2.15. The smallest absolute Gasteiger partial charge is 0.264 e. The summed E-state index contributed by atoms with van der Waals surface area (Å²) < 4.78 is 64.1. The number of rotatable bonds is 6. The normalized spacial score (nSPS) is 12.5. The first kappa shape index (κ1) is 22.7. The first-order valence-electron chi connectivity index (χ1n) is 9.76. The number of carbonyl (C=O) groups excluding carboxylic acids is 1. The standard InChI is InChI=1S/C22H18F2N4O3S2/c1-12-6-8-16(22(29)25-13(2)15-9-7-14(23)11-17(15)24)19(10-12)28-33(30,31)20-5-3-4-18-21(20)27-32-26-18/h3-11,13,28H,1-2H3,(H,25,29)/t13-/m1/s1. The maximum atomic E-state index is 14.1. The Labute approximate surface area is 192 Å². The minimum atomic E-state index is -4.10. The van der Waals surface area contributed by atoms with Crippen molar-refractivity contribution in [3.8, 4) is 0 Å². The van der Waals surface area contributed by atoms with E-state index >= 15 is 0 Å². The van der Waals surface area contributed by atoms with Crippen LogP contribution in [0.1, 0.15) is 34.5 Å². The maximum absolute atomic E-state index is 14.1. The molecule has 1 aromatic heterocycles. The molecule has 0 unspecified atom stereocenters. The lowest BCUT2D eigenvalue weighted by Gasteiger charge is -2.18. The number of halogens is 2. The van der Waals surface area contributed by atoms with E-state index in [2.05, 4.69) is 18.8 Å². The number of carbonyl (C=O) groups is 1. The van der Waals surface area contributed by atoms with Crippen LogP contribution in [0.4, 0.5) is 14.5 Å². The van der Waals surface area contributed by atoms with Crippen LogP contribution in [0.15, 0.2) is 59.5 Å². The van der Waals surface area contributed by atoms with Crippen molar-refractivity contribution in [1.29, 1.82) is 0 Å². The fraction of sp³-hybridized carbons (Fsp3) is 0.136. The highest BCUT2D eigenvalue weighted by Gasteiger charge is 2.23. The second kappa shape index (κ2) is 8.83. The number of sulfonamides is 1. The van der Waals surface area contributed by atoms with Gasteiger partial charge in [0.15, 0.2) is 0 Å². The number of nitrogens with one attached hydrogen (secondary N) is 2. The van der Waals surface area contributed by atoms with Crippen LogP contribution in [-0.2, 0) is 10.0 Å². The van der Waals surface area contributed by atoms with Crippen LogP contribution in [0.3, 0.4) is 0 Å². The fourth-order valence-corrected chi connectivity index (χ4v) is 5.18. The number of nitrogens with zero attached hydrogens (tertiary/aromatic N) is 2. The summed E-state index contributed by atoms with van der Waals surface area (Å²) in [4.78, 5) is 12.9. The molecule has 1 heterocycles. The molecule has 2 N–H and O–H groups in total. The third kappa shape index (κ3) is 4.69. The van der Waals surface area contributed by atoms with E-state index < -0.39 is 33.6 Å². The first-order valence-corrected chi connectivity index (χ1v) is 12.0. The molecule has 0 radical (unpaired) electrons. The van der Waals surface area contributed by atoms with Crippen molar-refractivity contribution in [2.45, 2.75) is 24.8 Å². The first-order chi connectivity index (χ1) is 15.7. The van der Waals surface area contributed by atoms with Gasteiger partial charge in [-0.25, -0.2) is 17.2 Å². The highest BCUT2D eigenvalue weighted by molar-refractivity contribution is 7.93. The van der Waals surface area contributed by atoms with Crippen molar-refractivity contribution in [2.75, 3.05) is 4.72 Å². The minimum Gasteiger partial charge on any atom is -0.345 e. The topological polar surface area (TPSA) is 101 Å². The van der Waals surface area contributed by atoms with E-state index in [1.165, 1.54) is 24.3 Å². The van der Waals surface area contributed by atoms with Gasteiger partial charge in [-0.2, -0.15) is 8.75 Å². The van der Waals surface area contributed by atoms with Gasteiger partial charge >= 0.3 is 0 Å². The molecule has 1 atom stereocenters. The summed E-state index contributed by atoms with van der Waals surface area (Å²) in [6.45, 7) is 3.29. The molecule has 11 heteroatoms. The lowest BCUT2D eigenvalue weighted by molar-refractivity contribution is 0.0940. The zero-order chi connectivity index (χ0) is 23.8. The Kier molecular flexibility index (Phi) is 6.09. The summed E-state index contributed by atoms with van der Waals surface area (Å²) in [6.07, 6.45) is 0. The van der Waals surface area contributed by atoms with Gasteiger partial charge in [-0.3, -0.25) is 9.52 Å². The molecule has 1 amide bonds. The summed E-state index contributed by atoms with van der Waals surface area (Å²) in [5.41, 5.74) is 1.59. The van der Waals surface area contributed by atoms with Gasteiger partial charge in [0, 0.05) is 11.6 Å². The average Bonchev–Trinajstić information content (AvgIpc) is 3.22. The van der Waals surface area contributed by atoms with Crippen molar-refractivity contribution >= 4 is 44.4 Å². The number of hydrogen-bond acceptors (Lipinski definition) is 6. The molecule has 0 bridgehead atoms. The maximum Gasteiger partial charge on any atom is 0.264 e. The Balaban J connectivity index is 1.65. The molecule has 0 aliphatic rings. The van der Waals surface area contributed by atoms with Crippen LogP contribution in [-0.4, -0.2) is 23.1 Å². The highest BCUT2D eigenvalue weighted by Crippen LogP contribution is 2.27. The van der Waals surface area contributed by atoms with Crippen molar-refractivity contribution in [1.82, 2.24) is 14.1 Å². The Morgan fingerprint density at radius 3 is 2.61 bits per heavy atom. The Bertz CT molecular complexity index is 1470. The molecule has 0 saturated heterocycles. The predicted octanol–water partition coefficient (Wildman–Crippen LogP) is 4.57. The van der Waals surface area contributed by atoms with Gasteiger partial charge in [-0.05, 0) is 49.7 Å². The molecule has 0 aliphatic carbocycles. The number of benzene rings is 3. The van der Waals surface area contributed by atoms with Gasteiger partial charge in [-0.1, -0.05) is 18.2 Å². The number of hydrogen-bond donors (Lipinski definition) is 2. The highest BCUT2D eigenvalue weighted by atomic mass is 32.2. The lowest BCUT2D eigenvalue weighted by atomic mass is 10.1. The van der Waals surface area contributed by atoms with E-state index in [0.29, 0.717) is 5.52 Å². The Hall–Kier alpha value is -3.44. The van der Waals surface area contributed by atoms with E-state index in [1.54, 1.807) is 32.0 Å². The predicted molar refractivity (Wildman–Crippen MR) is 122 cm³/mol. The number of amides is 1. The molecule has 4 aromatic rings. The zero-order valence-corrected chi connectivity index (χ0v) is 19.1. The molecule has 4 rings (SSSR count). The Morgan fingerprint density at radius 2 is 1.85 bits per heavy atom. The zero-order valence-electron chi connectivity index (χ0n) is 17.5. The third-order valence-electron chi connectivity index (χ3n) is 4.98. The van der Waals surface area contributed by atoms with Gasteiger partial charge < -0.3 is 5.32 Å².